The molecule has 0 radical (unpaired) electrons. The number of esters is 1. The molecule has 18 heavy (non-hydrogen) atoms. The molecule has 1 aliphatic heterocycles. The Balaban J connectivity index is 2.14. The third-order valence-corrected chi connectivity index (χ3v) is 5.29. The lowest BCUT2D eigenvalue weighted by Crippen LogP contribution is -2.48. The zero-order chi connectivity index (χ0) is 13.1. The molecule has 3 heteroatoms. The second-order valence-corrected chi connectivity index (χ2v) is 6.08. The Morgan fingerprint density at radius 2 is 2.22 bits per heavy atom. The highest BCUT2D eigenvalue weighted by Gasteiger charge is 2.52. The third kappa shape index (κ3) is 1.31. The average Bonchev–Trinajstić information content (AvgIpc) is 2.60. The van der Waals surface area contributed by atoms with Gasteiger partial charge in [-0.1, -0.05) is 19.4 Å². The van der Waals surface area contributed by atoms with E-state index in [1.165, 1.54) is 5.57 Å². The highest BCUT2D eigenvalue weighted by molar-refractivity contribution is 5.92. The van der Waals surface area contributed by atoms with Crippen LogP contribution >= 0.6 is 0 Å². The van der Waals surface area contributed by atoms with Crippen LogP contribution in [0.4, 0.5) is 0 Å². The summed E-state index contributed by atoms with van der Waals surface area (Å²) < 4.78 is 5.33. The molecule has 0 aromatic rings. The standard InChI is InChI=1S/C15H20O3/c1-8-5-4-6-10-7-11-12(9(2)14(17)18-11)13(16)15(8,10)3/h7-8,11,13,16H,4-6H2,1-3H3. The normalized spacial score (nSPS) is 43.2. The van der Waals surface area contributed by atoms with Gasteiger partial charge in [0.25, 0.3) is 0 Å². The number of carbonyl (C=O) groups excluding carboxylic acids is 1. The fourth-order valence-electron chi connectivity index (χ4n) is 3.78. The van der Waals surface area contributed by atoms with Crippen molar-refractivity contribution >= 4 is 5.97 Å². The highest BCUT2D eigenvalue weighted by Crippen LogP contribution is 2.53. The van der Waals surface area contributed by atoms with Crippen molar-refractivity contribution in [1.82, 2.24) is 0 Å². The first-order valence-electron chi connectivity index (χ1n) is 6.77. The highest BCUT2D eigenvalue weighted by atomic mass is 16.5. The Bertz CT molecular complexity index is 474. The van der Waals surface area contributed by atoms with Gasteiger partial charge in [0, 0.05) is 16.6 Å². The van der Waals surface area contributed by atoms with E-state index in [4.69, 9.17) is 4.74 Å². The van der Waals surface area contributed by atoms with Crippen molar-refractivity contribution in [2.75, 3.05) is 0 Å². The first-order chi connectivity index (χ1) is 8.46. The summed E-state index contributed by atoms with van der Waals surface area (Å²) in [4.78, 5) is 11.7. The van der Waals surface area contributed by atoms with Crippen molar-refractivity contribution in [2.45, 2.75) is 52.2 Å². The fourth-order valence-corrected chi connectivity index (χ4v) is 3.78. The second kappa shape index (κ2) is 3.70. The van der Waals surface area contributed by atoms with Crippen molar-refractivity contribution < 1.29 is 14.6 Å². The van der Waals surface area contributed by atoms with Gasteiger partial charge in [-0.15, -0.1) is 0 Å². The summed E-state index contributed by atoms with van der Waals surface area (Å²) in [7, 11) is 0. The molecule has 1 heterocycles. The van der Waals surface area contributed by atoms with Gasteiger partial charge in [-0.3, -0.25) is 0 Å². The molecule has 1 fully saturated rings. The molecule has 3 aliphatic rings. The van der Waals surface area contributed by atoms with E-state index in [9.17, 15) is 9.90 Å². The SMILES string of the molecule is CC1=C2C(C=C3CCCC(C)C3(C)C2O)OC1=O. The third-order valence-electron chi connectivity index (χ3n) is 5.29. The zero-order valence-electron chi connectivity index (χ0n) is 11.2. The summed E-state index contributed by atoms with van der Waals surface area (Å²) >= 11 is 0. The molecule has 3 rings (SSSR count). The zero-order valence-corrected chi connectivity index (χ0v) is 11.2. The van der Waals surface area contributed by atoms with E-state index in [1.807, 2.05) is 0 Å². The van der Waals surface area contributed by atoms with Crippen molar-refractivity contribution in [3.63, 3.8) is 0 Å². The van der Waals surface area contributed by atoms with Gasteiger partial charge in [0.15, 0.2) is 0 Å². The lowest BCUT2D eigenvalue weighted by atomic mass is 9.57. The Morgan fingerprint density at radius 3 is 2.94 bits per heavy atom. The van der Waals surface area contributed by atoms with Crippen molar-refractivity contribution in [3.8, 4) is 0 Å². The maximum Gasteiger partial charge on any atom is 0.334 e. The smallest absolute Gasteiger partial charge is 0.334 e. The summed E-state index contributed by atoms with van der Waals surface area (Å²) in [5.41, 5.74) is 2.44. The van der Waals surface area contributed by atoms with E-state index >= 15 is 0 Å². The predicted molar refractivity (Wildman–Crippen MR) is 67.8 cm³/mol. The number of aliphatic hydroxyl groups excluding tert-OH is 1. The van der Waals surface area contributed by atoms with E-state index in [1.54, 1.807) is 6.92 Å². The van der Waals surface area contributed by atoms with Crippen LogP contribution in [-0.4, -0.2) is 23.3 Å². The molecular formula is C15H20O3. The van der Waals surface area contributed by atoms with Gasteiger partial charge >= 0.3 is 5.97 Å². The molecule has 0 bridgehead atoms. The summed E-state index contributed by atoms with van der Waals surface area (Å²) in [5, 5.41) is 10.8. The van der Waals surface area contributed by atoms with Crippen LogP contribution in [0.15, 0.2) is 22.8 Å². The van der Waals surface area contributed by atoms with Crippen LogP contribution in [-0.2, 0) is 9.53 Å². The Labute approximate surface area is 108 Å². The minimum absolute atomic E-state index is 0.223. The van der Waals surface area contributed by atoms with Crippen LogP contribution in [0.1, 0.15) is 40.0 Å². The number of ether oxygens (including phenoxy) is 1. The molecule has 4 atom stereocenters. The van der Waals surface area contributed by atoms with E-state index in [0.717, 1.165) is 24.8 Å². The largest absolute Gasteiger partial charge is 0.450 e. The van der Waals surface area contributed by atoms with E-state index < -0.39 is 6.10 Å². The first kappa shape index (κ1) is 12.0. The predicted octanol–water partition coefficient (Wildman–Crippen LogP) is 2.36. The number of hydrogen-bond donors (Lipinski definition) is 1. The summed E-state index contributed by atoms with van der Waals surface area (Å²) in [6, 6.07) is 0. The molecule has 1 saturated carbocycles. The molecule has 2 aliphatic carbocycles. The molecule has 0 aromatic carbocycles. The minimum Gasteiger partial charge on any atom is -0.450 e. The molecular weight excluding hydrogens is 228 g/mol. The molecule has 1 N–H and O–H groups in total. The van der Waals surface area contributed by atoms with Crippen LogP contribution < -0.4 is 0 Å². The van der Waals surface area contributed by atoms with Crippen LogP contribution in [0.5, 0.6) is 0 Å². The Hall–Kier alpha value is -1.09. The maximum atomic E-state index is 11.7. The van der Waals surface area contributed by atoms with Crippen LogP contribution in [0, 0.1) is 11.3 Å². The summed E-state index contributed by atoms with van der Waals surface area (Å²) in [5.74, 6) is 0.158. The maximum absolute atomic E-state index is 11.7. The van der Waals surface area contributed by atoms with Crippen LogP contribution in [0.2, 0.25) is 0 Å². The number of rotatable bonds is 0. The number of aliphatic hydroxyl groups is 1. The van der Waals surface area contributed by atoms with E-state index in [2.05, 4.69) is 19.9 Å². The van der Waals surface area contributed by atoms with Crippen molar-refractivity contribution in [1.29, 1.82) is 0 Å². The average molecular weight is 248 g/mol. The Kier molecular flexibility index (Phi) is 2.46. The number of hydrogen-bond acceptors (Lipinski definition) is 3. The molecule has 0 amide bonds. The van der Waals surface area contributed by atoms with Gasteiger partial charge in [-0.05, 0) is 38.2 Å². The van der Waals surface area contributed by atoms with Gasteiger partial charge in [0.1, 0.15) is 6.10 Å². The van der Waals surface area contributed by atoms with Gasteiger partial charge < -0.3 is 9.84 Å². The van der Waals surface area contributed by atoms with Gasteiger partial charge in [0.05, 0.1) is 6.10 Å². The van der Waals surface area contributed by atoms with Gasteiger partial charge in [-0.2, -0.15) is 0 Å². The monoisotopic (exact) mass is 248 g/mol. The van der Waals surface area contributed by atoms with Crippen molar-refractivity contribution in [2.24, 2.45) is 11.3 Å². The number of carbonyl (C=O) groups is 1. The fraction of sp³-hybridized carbons (Fsp3) is 0.667. The number of fused-ring (bicyclic) bond motifs is 2. The molecule has 4 unspecified atom stereocenters. The van der Waals surface area contributed by atoms with Gasteiger partial charge in [0.2, 0.25) is 0 Å². The first-order valence-corrected chi connectivity index (χ1v) is 6.77. The molecule has 3 nitrogen and oxygen atoms in total. The molecule has 0 spiro atoms. The summed E-state index contributed by atoms with van der Waals surface area (Å²) in [6.07, 6.45) is 4.49. The summed E-state index contributed by atoms with van der Waals surface area (Å²) in [6.45, 7) is 6.09. The Morgan fingerprint density at radius 1 is 1.50 bits per heavy atom. The molecule has 0 aromatic heterocycles. The van der Waals surface area contributed by atoms with Gasteiger partial charge in [-0.25, -0.2) is 4.79 Å². The van der Waals surface area contributed by atoms with Crippen LogP contribution in [0.3, 0.4) is 0 Å². The molecule has 0 saturated heterocycles. The topological polar surface area (TPSA) is 46.5 Å². The molecule has 98 valence electrons. The van der Waals surface area contributed by atoms with Crippen LogP contribution in [0.25, 0.3) is 0 Å². The minimum atomic E-state index is -0.579. The quantitative estimate of drug-likeness (QED) is 0.529. The lowest BCUT2D eigenvalue weighted by molar-refractivity contribution is -0.138. The second-order valence-electron chi connectivity index (χ2n) is 6.08. The van der Waals surface area contributed by atoms with E-state index in [0.29, 0.717) is 11.5 Å². The van der Waals surface area contributed by atoms with E-state index in [-0.39, 0.29) is 17.5 Å². The van der Waals surface area contributed by atoms with Crippen molar-refractivity contribution in [3.05, 3.63) is 22.8 Å². The lowest BCUT2D eigenvalue weighted by Gasteiger charge is -2.49.